The van der Waals surface area contributed by atoms with E-state index in [9.17, 15) is 18.1 Å². The first-order chi connectivity index (χ1) is 4.81. The average Bonchev–Trinajstić information content (AvgIpc) is 1.53. The molecule has 0 amide bonds. The molecule has 0 rings (SSSR count). The largest absolute Gasteiger partial charge is 0.740 e. The van der Waals surface area contributed by atoms with Gasteiger partial charge in [-0.25, -0.2) is 4.21 Å². The fraction of sp³-hybridized carbons (Fsp3) is 0.500. The minimum Gasteiger partial charge on any atom is -0.740 e. The first kappa shape index (κ1) is 10.7. The maximum absolute atomic E-state index is 10.2. The molecule has 0 aliphatic rings. The van der Waals surface area contributed by atoms with Crippen molar-refractivity contribution in [2.45, 2.75) is 0 Å². The first-order valence-electron chi connectivity index (χ1n) is 2.16. The molecule has 0 aliphatic heterocycles. The van der Waals surface area contributed by atoms with Gasteiger partial charge in [0.2, 0.25) is 0 Å². The van der Waals surface area contributed by atoms with Gasteiger partial charge in [-0.3, -0.25) is 9.36 Å². The Morgan fingerprint density at radius 3 is 2.36 bits per heavy atom. The van der Waals surface area contributed by atoms with Crippen LogP contribution in [0.1, 0.15) is 0 Å². The molecule has 0 fully saturated rings. The van der Waals surface area contributed by atoms with Crippen molar-refractivity contribution in [2.24, 2.45) is 0 Å². The molecule has 0 saturated heterocycles. The quantitative estimate of drug-likeness (QED) is 0.422. The van der Waals surface area contributed by atoms with Gasteiger partial charge in [0.05, 0.1) is 0 Å². The Bertz CT molecular complexity index is 216. The van der Waals surface area contributed by atoms with Crippen LogP contribution in [-0.4, -0.2) is 30.7 Å². The van der Waals surface area contributed by atoms with Crippen molar-refractivity contribution in [3.05, 3.63) is 0 Å². The summed E-state index contributed by atoms with van der Waals surface area (Å²) in [5, 5.41) is 0. The highest BCUT2D eigenvalue weighted by Gasteiger charge is 2.20. The Labute approximate surface area is 64.0 Å². The molecule has 9 heteroatoms. The Morgan fingerprint density at radius 2 is 2.09 bits per heavy atom. The van der Waals surface area contributed by atoms with E-state index in [4.69, 9.17) is 9.79 Å². The summed E-state index contributed by atoms with van der Waals surface area (Å²) in [6.45, 7) is 0. The van der Waals surface area contributed by atoms with E-state index < -0.39 is 31.1 Å². The van der Waals surface area contributed by atoms with E-state index in [1.807, 2.05) is 0 Å². The van der Waals surface area contributed by atoms with E-state index in [0.29, 0.717) is 0 Å². The van der Waals surface area contributed by atoms with Crippen LogP contribution >= 0.6 is 7.60 Å². The zero-order valence-corrected chi connectivity index (χ0v) is 6.71. The van der Waals surface area contributed by atoms with Gasteiger partial charge < -0.3 is 18.5 Å². The summed E-state index contributed by atoms with van der Waals surface area (Å²) in [6, 6.07) is 0. The average molecular weight is 203 g/mol. The molecular formula is C2H4O7PS-. The van der Waals surface area contributed by atoms with Crippen molar-refractivity contribution in [2.75, 3.05) is 6.16 Å². The Kier molecular flexibility index (Phi) is 3.84. The molecule has 7 nitrogen and oxygen atoms in total. The van der Waals surface area contributed by atoms with Crippen LogP contribution in [0.3, 0.4) is 0 Å². The highest BCUT2D eigenvalue weighted by atomic mass is 32.2. The fourth-order valence-corrected chi connectivity index (χ4v) is 0.969. The molecule has 0 aliphatic carbocycles. The molecule has 1 atom stereocenters. The molecule has 0 radical (unpaired) electrons. The Balaban J connectivity index is 3.90. The molecule has 0 saturated carbocycles. The second-order valence-corrected chi connectivity index (χ2v) is 3.70. The molecule has 0 aromatic heterocycles. The number of carbonyl (C=O) groups is 1. The minimum atomic E-state index is -4.53. The lowest BCUT2D eigenvalue weighted by Gasteiger charge is -2.05. The van der Waals surface area contributed by atoms with E-state index in [-0.39, 0.29) is 0 Å². The van der Waals surface area contributed by atoms with Gasteiger partial charge in [-0.15, -0.1) is 0 Å². The van der Waals surface area contributed by atoms with Gasteiger partial charge in [-0.05, 0) is 0 Å². The van der Waals surface area contributed by atoms with Crippen LogP contribution in [0.25, 0.3) is 0 Å². The summed E-state index contributed by atoms with van der Waals surface area (Å²) >= 11 is -3.07. The molecule has 0 bridgehead atoms. The maximum atomic E-state index is 10.2. The predicted molar refractivity (Wildman–Crippen MR) is 31.9 cm³/mol. The lowest BCUT2D eigenvalue weighted by Crippen LogP contribution is -2.11. The van der Waals surface area contributed by atoms with Gasteiger partial charge in [0.1, 0.15) is 17.5 Å². The van der Waals surface area contributed by atoms with Gasteiger partial charge in [-0.1, -0.05) is 0 Å². The molecular weight excluding hydrogens is 199 g/mol. The van der Waals surface area contributed by atoms with Crippen molar-refractivity contribution >= 4 is 24.9 Å². The third-order valence-corrected chi connectivity index (χ3v) is 1.49. The van der Waals surface area contributed by atoms with E-state index in [2.05, 4.69) is 4.18 Å². The number of carbonyl (C=O) groups excluding carboxylic acids is 1. The van der Waals surface area contributed by atoms with Gasteiger partial charge in [0.25, 0.3) is 0 Å². The summed E-state index contributed by atoms with van der Waals surface area (Å²) in [4.78, 5) is 26.4. The standard InChI is InChI=1S/C2H5O7PS/c3-2(9-11(7)8)1-10(4,5)6/h1H2,(H,7,8)(H2,4,5,6)/p-1. The highest BCUT2D eigenvalue weighted by molar-refractivity contribution is 7.74. The van der Waals surface area contributed by atoms with Crippen molar-refractivity contribution in [1.29, 1.82) is 0 Å². The van der Waals surface area contributed by atoms with Crippen LogP contribution in [-0.2, 0) is 24.9 Å². The first-order valence-corrected chi connectivity index (χ1v) is 4.96. The topological polar surface area (TPSA) is 124 Å². The minimum absolute atomic E-state index is 1.24. The molecule has 0 heterocycles. The fourth-order valence-electron chi connectivity index (χ4n) is 0.270. The molecule has 0 spiro atoms. The molecule has 0 aromatic carbocycles. The van der Waals surface area contributed by atoms with E-state index in [0.717, 1.165) is 0 Å². The number of hydrogen-bond acceptors (Lipinski definition) is 5. The van der Waals surface area contributed by atoms with Gasteiger partial charge in [0, 0.05) is 0 Å². The van der Waals surface area contributed by atoms with Crippen LogP contribution in [0.15, 0.2) is 0 Å². The van der Waals surface area contributed by atoms with Gasteiger partial charge in [-0.2, -0.15) is 0 Å². The molecule has 1 unspecified atom stereocenters. The molecule has 0 aromatic rings. The van der Waals surface area contributed by atoms with Gasteiger partial charge in [0.15, 0.2) is 0 Å². The van der Waals surface area contributed by atoms with Crippen molar-refractivity contribution in [1.82, 2.24) is 0 Å². The van der Waals surface area contributed by atoms with Crippen molar-refractivity contribution < 1.29 is 32.1 Å². The Morgan fingerprint density at radius 1 is 1.64 bits per heavy atom. The normalized spacial score (nSPS) is 14.1. The summed E-state index contributed by atoms with van der Waals surface area (Å²) in [6.07, 6.45) is -1.24. The second kappa shape index (κ2) is 3.93. The summed E-state index contributed by atoms with van der Waals surface area (Å²) < 4.78 is 32.6. The van der Waals surface area contributed by atoms with Crippen LogP contribution in [0.4, 0.5) is 0 Å². The van der Waals surface area contributed by atoms with Crippen LogP contribution in [0.2, 0.25) is 0 Å². The van der Waals surface area contributed by atoms with E-state index in [1.165, 1.54) is 0 Å². The molecule has 66 valence electrons. The predicted octanol–water partition coefficient (Wildman–Crippen LogP) is -1.50. The molecule has 11 heavy (non-hydrogen) atoms. The lowest BCUT2D eigenvalue weighted by molar-refractivity contribution is -0.131. The third kappa shape index (κ3) is 7.63. The number of hydrogen-bond donors (Lipinski definition) is 2. The van der Waals surface area contributed by atoms with Crippen LogP contribution in [0.5, 0.6) is 0 Å². The summed E-state index contributed by atoms with van der Waals surface area (Å²) in [5.41, 5.74) is 0. The highest BCUT2D eigenvalue weighted by Crippen LogP contribution is 2.33. The van der Waals surface area contributed by atoms with Crippen molar-refractivity contribution in [3.63, 3.8) is 0 Å². The van der Waals surface area contributed by atoms with E-state index in [1.54, 1.807) is 0 Å². The smallest absolute Gasteiger partial charge is 0.336 e. The lowest BCUT2D eigenvalue weighted by atomic mass is 10.8. The zero-order valence-electron chi connectivity index (χ0n) is 5.00. The Hall–Kier alpha value is -0.270. The van der Waals surface area contributed by atoms with Crippen LogP contribution in [0, 0.1) is 0 Å². The third-order valence-electron chi connectivity index (χ3n) is 0.496. The molecule has 2 N–H and O–H groups in total. The monoisotopic (exact) mass is 203 g/mol. The van der Waals surface area contributed by atoms with Gasteiger partial charge >= 0.3 is 13.6 Å². The summed E-state index contributed by atoms with van der Waals surface area (Å²) in [7, 11) is -4.53. The summed E-state index contributed by atoms with van der Waals surface area (Å²) in [5.74, 6) is -1.48. The second-order valence-electron chi connectivity index (χ2n) is 1.48. The maximum Gasteiger partial charge on any atom is 0.336 e. The van der Waals surface area contributed by atoms with E-state index >= 15 is 0 Å². The van der Waals surface area contributed by atoms with Crippen molar-refractivity contribution in [3.8, 4) is 0 Å². The van der Waals surface area contributed by atoms with Crippen LogP contribution < -0.4 is 0 Å². The zero-order chi connectivity index (χ0) is 9.07. The SMILES string of the molecule is O=C(CP(=O)(O)O)OS(=O)[O-]. The number of rotatable bonds is 3.